The van der Waals surface area contributed by atoms with Gasteiger partial charge in [0.05, 0.1) is 14.3 Å². The number of thiophene rings is 1. The van der Waals surface area contributed by atoms with Gasteiger partial charge >= 0.3 is 0 Å². The van der Waals surface area contributed by atoms with E-state index in [1.54, 1.807) is 30.3 Å². The standard InChI is InChI=1S/C13H9ClINO2S/c14-10-6-9(13(19-10)16-11(17)7-15)12(18)8-4-2-1-3-5-8/h1-6H,7H2,(H,16,17). The van der Waals surface area contributed by atoms with Crippen LogP contribution in [0.2, 0.25) is 4.34 Å². The zero-order valence-corrected chi connectivity index (χ0v) is 13.4. The first kappa shape index (κ1) is 14.5. The molecule has 98 valence electrons. The maximum absolute atomic E-state index is 12.3. The summed E-state index contributed by atoms with van der Waals surface area (Å²) in [7, 11) is 0. The first-order chi connectivity index (χ1) is 9.11. The van der Waals surface area contributed by atoms with Gasteiger partial charge in [-0.1, -0.05) is 64.5 Å². The summed E-state index contributed by atoms with van der Waals surface area (Å²) in [5.74, 6) is -0.297. The second-order valence-electron chi connectivity index (χ2n) is 3.67. The molecule has 1 amide bonds. The highest BCUT2D eigenvalue weighted by Gasteiger charge is 2.18. The number of benzene rings is 1. The fourth-order valence-electron chi connectivity index (χ4n) is 1.53. The van der Waals surface area contributed by atoms with Gasteiger partial charge in [-0.05, 0) is 6.07 Å². The maximum atomic E-state index is 12.3. The van der Waals surface area contributed by atoms with Gasteiger partial charge in [0.15, 0.2) is 5.78 Å². The molecule has 19 heavy (non-hydrogen) atoms. The molecule has 0 unspecified atom stereocenters. The number of carbonyl (C=O) groups is 2. The second kappa shape index (κ2) is 6.49. The third kappa shape index (κ3) is 3.55. The fraction of sp³-hybridized carbons (Fsp3) is 0.0769. The number of carbonyl (C=O) groups excluding carboxylic acids is 2. The summed E-state index contributed by atoms with van der Waals surface area (Å²) < 4.78 is 0.801. The number of ketones is 1. The van der Waals surface area contributed by atoms with Crippen molar-refractivity contribution in [3.05, 3.63) is 51.9 Å². The summed E-state index contributed by atoms with van der Waals surface area (Å²) in [5, 5.41) is 3.20. The summed E-state index contributed by atoms with van der Waals surface area (Å²) in [6, 6.07) is 10.5. The van der Waals surface area contributed by atoms with E-state index in [1.165, 1.54) is 11.3 Å². The lowest BCUT2D eigenvalue weighted by molar-refractivity contribution is -0.113. The maximum Gasteiger partial charge on any atom is 0.234 e. The van der Waals surface area contributed by atoms with Crippen LogP contribution in [0.5, 0.6) is 0 Å². The molecule has 1 aromatic carbocycles. The molecular weight excluding hydrogens is 397 g/mol. The van der Waals surface area contributed by atoms with Crippen LogP contribution in [0.4, 0.5) is 5.00 Å². The van der Waals surface area contributed by atoms with Crippen molar-refractivity contribution in [3.63, 3.8) is 0 Å². The number of hydrogen-bond acceptors (Lipinski definition) is 3. The van der Waals surface area contributed by atoms with Gasteiger partial charge in [0.2, 0.25) is 5.91 Å². The topological polar surface area (TPSA) is 46.2 Å². The summed E-state index contributed by atoms with van der Waals surface area (Å²) in [6.07, 6.45) is 0. The Morgan fingerprint density at radius 3 is 2.58 bits per heavy atom. The number of anilines is 1. The molecule has 0 atom stereocenters. The summed E-state index contributed by atoms with van der Waals surface area (Å²) >= 11 is 9.09. The van der Waals surface area contributed by atoms with E-state index in [1.807, 2.05) is 28.7 Å². The highest BCUT2D eigenvalue weighted by atomic mass is 127. The lowest BCUT2D eigenvalue weighted by Gasteiger charge is -2.04. The van der Waals surface area contributed by atoms with E-state index >= 15 is 0 Å². The van der Waals surface area contributed by atoms with Crippen molar-refractivity contribution >= 4 is 62.2 Å². The number of nitrogens with one attached hydrogen (secondary N) is 1. The van der Waals surface area contributed by atoms with E-state index in [0.29, 0.717) is 24.9 Å². The van der Waals surface area contributed by atoms with Crippen LogP contribution in [0.1, 0.15) is 15.9 Å². The van der Waals surface area contributed by atoms with Crippen LogP contribution in [-0.2, 0) is 4.79 Å². The fourth-order valence-corrected chi connectivity index (χ4v) is 2.86. The Bertz CT molecular complexity index is 612. The number of hydrogen-bond donors (Lipinski definition) is 1. The van der Waals surface area contributed by atoms with Gasteiger partial charge in [-0.2, -0.15) is 0 Å². The average molecular weight is 406 g/mol. The van der Waals surface area contributed by atoms with E-state index in [0.717, 1.165) is 0 Å². The van der Waals surface area contributed by atoms with E-state index < -0.39 is 0 Å². The summed E-state index contributed by atoms with van der Waals surface area (Å²) in [4.78, 5) is 23.8. The summed E-state index contributed by atoms with van der Waals surface area (Å²) in [5.41, 5.74) is 1.00. The lowest BCUT2D eigenvalue weighted by Crippen LogP contribution is -2.13. The lowest BCUT2D eigenvalue weighted by atomic mass is 10.1. The minimum absolute atomic E-state index is 0.146. The van der Waals surface area contributed by atoms with E-state index in [-0.39, 0.29) is 11.7 Å². The molecular formula is C13H9ClINO2S. The third-order valence-corrected chi connectivity index (χ3v) is 4.23. The van der Waals surface area contributed by atoms with Gasteiger partial charge in [0.25, 0.3) is 0 Å². The van der Waals surface area contributed by atoms with Crippen molar-refractivity contribution in [1.29, 1.82) is 0 Å². The van der Waals surface area contributed by atoms with Crippen molar-refractivity contribution < 1.29 is 9.59 Å². The number of rotatable bonds is 4. The van der Waals surface area contributed by atoms with Crippen molar-refractivity contribution in [2.75, 3.05) is 9.74 Å². The zero-order chi connectivity index (χ0) is 13.8. The number of alkyl halides is 1. The Kier molecular flexibility index (Phi) is 4.95. The predicted octanol–water partition coefficient (Wildman–Crippen LogP) is 4.01. The average Bonchev–Trinajstić information content (AvgIpc) is 2.79. The van der Waals surface area contributed by atoms with E-state index in [9.17, 15) is 9.59 Å². The first-order valence-electron chi connectivity index (χ1n) is 5.36. The molecule has 0 saturated carbocycles. The smallest absolute Gasteiger partial charge is 0.234 e. The SMILES string of the molecule is O=C(CI)Nc1sc(Cl)cc1C(=O)c1ccccc1. The molecule has 0 bridgehead atoms. The van der Waals surface area contributed by atoms with Crippen molar-refractivity contribution in [1.82, 2.24) is 0 Å². The Morgan fingerprint density at radius 1 is 1.26 bits per heavy atom. The molecule has 0 radical (unpaired) electrons. The van der Waals surface area contributed by atoms with Gasteiger partial charge in [-0.25, -0.2) is 0 Å². The highest BCUT2D eigenvalue weighted by Crippen LogP contribution is 2.33. The van der Waals surface area contributed by atoms with E-state index in [2.05, 4.69) is 5.32 Å². The molecule has 0 spiro atoms. The van der Waals surface area contributed by atoms with Gasteiger partial charge in [-0.3, -0.25) is 9.59 Å². The monoisotopic (exact) mass is 405 g/mol. The molecule has 2 rings (SSSR count). The molecule has 3 nitrogen and oxygen atoms in total. The van der Waals surface area contributed by atoms with Crippen LogP contribution in [-0.4, -0.2) is 16.1 Å². The molecule has 0 aliphatic heterocycles. The predicted molar refractivity (Wildman–Crippen MR) is 86.7 cm³/mol. The van der Waals surface area contributed by atoms with Crippen molar-refractivity contribution in [2.24, 2.45) is 0 Å². The largest absolute Gasteiger partial charge is 0.316 e. The molecule has 1 heterocycles. The number of amides is 1. The highest BCUT2D eigenvalue weighted by molar-refractivity contribution is 14.1. The molecule has 0 aliphatic carbocycles. The third-order valence-electron chi connectivity index (χ3n) is 2.36. The van der Waals surface area contributed by atoms with E-state index in [4.69, 9.17) is 11.6 Å². The molecule has 0 fully saturated rings. The van der Waals surface area contributed by atoms with Crippen molar-refractivity contribution in [3.8, 4) is 0 Å². The van der Waals surface area contributed by atoms with Gasteiger partial charge in [-0.15, -0.1) is 11.3 Å². The minimum atomic E-state index is -0.152. The molecule has 1 N–H and O–H groups in total. The Labute approximate surface area is 133 Å². The van der Waals surface area contributed by atoms with Gasteiger partial charge in [0.1, 0.15) is 5.00 Å². The Hall–Kier alpha value is -0.920. The van der Waals surface area contributed by atoms with Crippen LogP contribution in [0.3, 0.4) is 0 Å². The molecule has 6 heteroatoms. The Morgan fingerprint density at radius 2 is 1.95 bits per heavy atom. The normalized spacial score (nSPS) is 10.2. The van der Waals surface area contributed by atoms with Crippen molar-refractivity contribution in [2.45, 2.75) is 0 Å². The van der Waals surface area contributed by atoms with Crippen LogP contribution in [0.25, 0.3) is 0 Å². The first-order valence-corrected chi connectivity index (χ1v) is 8.08. The second-order valence-corrected chi connectivity index (χ2v) is 6.12. The van der Waals surface area contributed by atoms with Crippen LogP contribution in [0.15, 0.2) is 36.4 Å². The van der Waals surface area contributed by atoms with Crippen LogP contribution >= 0.6 is 45.5 Å². The summed E-state index contributed by atoms with van der Waals surface area (Å²) in [6.45, 7) is 0. The quantitative estimate of drug-likeness (QED) is 0.475. The molecule has 2 aromatic rings. The minimum Gasteiger partial charge on any atom is -0.316 e. The Balaban J connectivity index is 2.34. The van der Waals surface area contributed by atoms with Gasteiger partial charge in [0, 0.05) is 5.56 Å². The van der Waals surface area contributed by atoms with Crippen LogP contribution < -0.4 is 5.32 Å². The van der Waals surface area contributed by atoms with Gasteiger partial charge < -0.3 is 5.32 Å². The van der Waals surface area contributed by atoms with Crippen LogP contribution in [0, 0.1) is 0 Å². The molecule has 0 aliphatic rings. The molecule has 1 aromatic heterocycles. The number of halogens is 2. The zero-order valence-electron chi connectivity index (χ0n) is 9.65. The molecule has 0 saturated heterocycles.